The van der Waals surface area contributed by atoms with E-state index in [4.69, 9.17) is 11.6 Å². The molecule has 3 rings (SSSR count). The number of hydrogen-bond donors (Lipinski definition) is 1. The second-order valence-corrected chi connectivity index (χ2v) is 10.6. The van der Waals surface area contributed by atoms with Crippen LogP contribution in [0.1, 0.15) is 25.8 Å². The highest BCUT2D eigenvalue weighted by molar-refractivity contribution is 7.92. The summed E-state index contributed by atoms with van der Waals surface area (Å²) in [5.74, 6) is -0.816. The largest absolute Gasteiger partial charge is 0.354 e. The lowest BCUT2D eigenvalue weighted by Crippen LogP contribution is -2.51. The predicted octanol–water partition coefficient (Wildman–Crippen LogP) is 4.48. The van der Waals surface area contributed by atoms with Crippen LogP contribution in [0, 0.1) is 0 Å². The molecule has 9 heteroatoms. The van der Waals surface area contributed by atoms with Crippen molar-refractivity contribution in [1.29, 1.82) is 0 Å². The van der Waals surface area contributed by atoms with E-state index in [1.165, 1.54) is 17.0 Å². The minimum Gasteiger partial charge on any atom is -0.354 e. The number of nitrogens with one attached hydrogen (secondary N) is 1. The number of para-hydroxylation sites is 1. The van der Waals surface area contributed by atoms with Crippen LogP contribution in [-0.2, 0) is 26.2 Å². The van der Waals surface area contributed by atoms with Crippen LogP contribution in [-0.4, -0.2) is 44.3 Å². The highest BCUT2D eigenvalue weighted by Gasteiger charge is 2.32. The van der Waals surface area contributed by atoms with Crippen molar-refractivity contribution in [3.63, 3.8) is 0 Å². The van der Waals surface area contributed by atoms with Crippen molar-refractivity contribution >= 4 is 39.1 Å². The van der Waals surface area contributed by atoms with Crippen molar-refractivity contribution in [2.45, 2.75) is 37.8 Å². The van der Waals surface area contributed by atoms with Gasteiger partial charge in [0.05, 0.1) is 10.6 Å². The molecule has 0 heterocycles. The number of hydrogen-bond acceptors (Lipinski definition) is 4. The van der Waals surface area contributed by atoms with Crippen LogP contribution in [0.15, 0.2) is 89.8 Å². The zero-order valence-electron chi connectivity index (χ0n) is 20.3. The van der Waals surface area contributed by atoms with Gasteiger partial charge in [0, 0.05) is 18.1 Å². The normalized spacial score (nSPS) is 12.0. The number of nitrogens with zero attached hydrogens (tertiary/aromatic N) is 2. The van der Waals surface area contributed by atoms with Gasteiger partial charge in [0.15, 0.2) is 0 Å². The molecule has 0 unspecified atom stereocenters. The maximum atomic E-state index is 13.7. The Labute approximate surface area is 217 Å². The van der Waals surface area contributed by atoms with Crippen molar-refractivity contribution in [3.05, 3.63) is 95.5 Å². The zero-order valence-corrected chi connectivity index (χ0v) is 21.9. The van der Waals surface area contributed by atoms with Gasteiger partial charge in [-0.25, -0.2) is 8.42 Å². The number of rotatable bonds is 11. The minimum atomic E-state index is -4.05. The molecule has 0 saturated carbocycles. The molecule has 190 valence electrons. The van der Waals surface area contributed by atoms with Crippen LogP contribution < -0.4 is 9.62 Å². The highest BCUT2D eigenvalue weighted by atomic mass is 35.5. The van der Waals surface area contributed by atoms with Crippen LogP contribution in [0.5, 0.6) is 0 Å². The Balaban J connectivity index is 1.97. The summed E-state index contributed by atoms with van der Waals surface area (Å²) in [7, 11) is -4.05. The van der Waals surface area contributed by atoms with Gasteiger partial charge in [-0.2, -0.15) is 0 Å². The van der Waals surface area contributed by atoms with Crippen molar-refractivity contribution in [2.24, 2.45) is 0 Å². The number of amides is 2. The molecule has 2 amide bonds. The van der Waals surface area contributed by atoms with E-state index in [0.717, 1.165) is 16.3 Å². The van der Waals surface area contributed by atoms with E-state index in [-0.39, 0.29) is 17.3 Å². The van der Waals surface area contributed by atoms with Crippen LogP contribution in [0.25, 0.3) is 0 Å². The average Bonchev–Trinajstić information content (AvgIpc) is 2.90. The Morgan fingerprint density at radius 2 is 1.50 bits per heavy atom. The van der Waals surface area contributed by atoms with Crippen molar-refractivity contribution in [3.8, 4) is 0 Å². The molecule has 0 saturated heterocycles. The second-order valence-electron chi connectivity index (χ2n) is 8.28. The average molecular weight is 528 g/mol. The summed E-state index contributed by atoms with van der Waals surface area (Å²) in [5, 5.41) is 3.37. The van der Waals surface area contributed by atoms with Gasteiger partial charge in [0.2, 0.25) is 11.8 Å². The Morgan fingerprint density at radius 1 is 0.917 bits per heavy atom. The molecule has 0 aliphatic rings. The van der Waals surface area contributed by atoms with Crippen molar-refractivity contribution in [2.75, 3.05) is 17.4 Å². The fourth-order valence-electron chi connectivity index (χ4n) is 3.61. The van der Waals surface area contributed by atoms with E-state index in [1.807, 2.05) is 6.92 Å². The van der Waals surface area contributed by atoms with Crippen LogP contribution in [0.3, 0.4) is 0 Å². The third-order valence-corrected chi connectivity index (χ3v) is 7.68. The van der Waals surface area contributed by atoms with Crippen molar-refractivity contribution < 1.29 is 18.0 Å². The topological polar surface area (TPSA) is 86.8 Å². The van der Waals surface area contributed by atoms with E-state index < -0.39 is 28.5 Å². The number of benzene rings is 3. The molecule has 36 heavy (non-hydrogen) atoms. The maximum absolute atomic E-state index is 13.7. The summed E-state index contributed by atoms with van der Waals surface area (Å²) in [6, 6.07) is 22.5. The molecule has 0 fully saturated rings. The SMILES string of the molecule is CCCNC(=O)[C@@H](C)N(Cc1ccc(Cl)cc1)C(=O)CN(c1ccccc1)S(=O)(=O)c1ccccc1. The monoisotopic (exact) mass is 527 g/mol. The molecule has 0 spiro atoms. The van der Waals surface area contributed by atoms with E-state index in [2.05, 4.69) is 5.32 Å². The second kappa shape index (κ2) is 12.6. The lowest BCUT2D eigenvalue weighted by Gasteiger charge is -2.32. The standard InChI is InChI=1S/C27H30ClN3O4S/c1-3-18-29-27(33)21(2)30(19-22-14-16-23(28)17-15-22)26(32)20-31(24-10-6-4-7-11-24)36(34,35)25-12-8-5-9-13-25/h4-17,21H,3,18-20H2,1-2H3,(H,29,33)/t21-/m1/s1. The minimum absolute atomic E-state index is 0.0691. The first kappa shape index (κ1) is 27.2. The molecule has 0 radical (unpaired) electrons. The van der Waals surface area contributed by atoms with Gasteiger partial charge >= 0.3 is 0 Å². The molecule has 0 aliphatic heterocycles. The van der Waals surface area contributed by atoms with E-state index in [9.17, 15) is 18.0 Å². The van der Waals surface area contributed by atoms with Gasteiger partial charge < -0.3 is 10.2 Å². The lowest BCUT2D eigenvalue weighted by molar-refractivity contribution is -0.139. The molecule has 0 aliphatic carbocycles. The molecule has 3 aromatic rings. The van der Waals surface area contributed by atoms with Gasteiger partial charge in [0.25, 0.3) is 10.0 Å². The molecular formula is C27H30ClN3O4S. The zero-order chi connectivity index (χ0) is 26.1. The molecule has 3 aromatic carbocycles. The first-order chi connectivity index (χ1) is 17.2. The number of carbonyl (C=O) groups excluding carboxylic acids is 2. The summed E-state index contributed by atoms with van der Waals surface area (Å²) in [5.41, 5.74) is 1.12. The predicted molar refractivity (Wildman–Crippen MR) is 142 cm³/mol. The van der Waals surface area contributed by atoms with Gasteiger partial charge in [-0.15, -0.1) is 0 Å². The summed E-state index contributed by atoms with van der Waals surface area (Å²) in [6.07, 6.45) is 0.751. The van der Waals surface area contributed by atoms with E-state index >= 15 is 0 Å². The highest BCUT2D eigenvalue weighted by Crippen LogP contribution is 2.24. The van der Waals surface area contributed by atoms with Crippen LogP contribution in [0.2, 0.25) is 5.02 Å². The molecule has 1 N–H and O–H groups in total. The van der Waals surface area contributed by atoms with Crippen LogP contribution in [0.4, 0.5) is 5.69 Å². The molecule has 0 bridgehead atoms. The molecule has 7 nitrogen and oxygen atoms in total. The number of anilines is 1. The number of sulfonamides is 1. The first-order valence-electron chi connectivity index (χ1n) is 11.7. The summed E-state index contributed by atoms with van der Waals surface area (Å²) in [6.45, 7) is 3.70. The smallest absolute Gasteiger partial charge is 0.264 e. The van der Waals surface area contributed by atoms with Gasteiger partial charge in [-0.1, -0.05) is 67.1 Å². The Kier molecular flexibility index (Phi) is 9.50. The van der Waals surface area contributed by atoms with Gasteiger partial charge in [-0.3, -0.25) is 13.9 Å². The van der Waals surface area contributed by atoms with E-state index in [1.54, 1.807) is 79.7 Å². The molecular weight excluding hydrogens is 498 g/mol. The lowest BCUT2D eigenvalue weighted by atomic mass is 10.1. The summed E-state index contributed by atoms with van der Waals surface area (Å²) < 4.78 is 28.3. The van der Waals surface area contributed by atoms with Crippen molar-refractivity contribution in [1.82, 2.24) is 10.2 Å². The number of carbonyl (C=O) groups is 2. The Hall–Kier alpha value is -3.36. The van der Waals surface area contributed by atoms with E-state index in [0.29, 0.717) is 17.3 Å². The molecule has 1 atom stereocenters. The first-order valence-corrected chi connectivity index (χ1v) is 13.5. The molecule has 0 aromatic heterocycles. The fourth-order valence-corrected chi connectivity index (χ4v) is 5.17. The quantitative estimate of drug-likeness (QED) is 0.398. The fraction of sp³-hybridized carbons (Fsp3) is 0.259. The Bertz CT molecular complexity index is 1250. The maximum Gasteiger partial charge on any atom is 0.264 e. The summed E-state index contributed by atoms with van der Waals surface area (Å²) >= 11 is 6.01. The van der Waals surface area contributed by atoms with Gasteiger partial charge in [-0.05, 0) is 55.3 Å². The third-order valence-electron chi connectivity index (χ3n) is 5.64. The Morgan fingerprint density at radius 3 is 2.08 bits per heavy atom. The third kappa shape index (κ3) is 6.86. The van der Waals surface area contributed by atoms with Crippen LogP contribution >= 0.6 is 11.6 Å². The summed E-state index contributed by atoms with van der Waals surface area (Å²) in [4.78, 5) is 28.0. The van der Waals surface area contributed by atoms with Gasteiger partial charge in [0.1, 0.15) is 12.6 Å². The number of halogens is 1.